The Morgan fingerprint density at radius 2 is 1.90 bits per heavy atom. The molecule has 2 aromatic rings. The third kappa shape index (κ3) is 4.32. The summed E-state index contributed by atoms with van der Waals surface area (Å²) < 4.78 is 7.17. The molecule has 5 nitrogen and oxygen atoms in total. The molecule has 2 rings (SSSR count). The Morgan fingerprint density at radius 1 is 1.29 bits per heavy atom. The van der Waals surface area contributed by atoms with Crippen molar-refractivity contribution in [1.29, 1.82) is 0 Å². The lowest BCUT2D eigenvalue weighted by Gasteiger charge is -2.09. The molecule has 0 spiro atoms. The predicted octanol–water partition coefficient (Wildman–Crippen LogP) is 3.13. The van der Waals surface area contributed by atoms with Gasteiger partial charge in [-0.15, -0.1) is 0 Å². The van der Waals surface area contributed by atoms with Crippen LogP contribution in [0.5, 0.6) is 5.75 Å². The van der Waals surface area contributed by atoms with Gasteiger partial charge in [0, 0.05) is 7.05 Å². The van der Waals surface area contributed by atoms with E-state index in [0.29, 0.717) is 16.7 Å². The van der Waals surface area contributed by atoms with Gasteiger partial charge in [0.1, 0.15) is 11.4 Å². The fourth-order valence-corrected chi connectivity index (χ4v) is 2.17. The first-order valence-electron chi connectivity index (χ1n) is 6.72. The van der Waals surface area contributed by atoms with Gasteiger partial charge in [-0.25, -0.2) is 4.68 Å². The van der Waals surface area contributed by atoms with E-state index in [1.165, 1.54) is 4.68 Å². The average Bonchev–Trinajstić information content (AvgIpc) is 2.53. The molecule has 0 aliphatic rings. The van der Waals surface area contributed by atoms with E-state index in [1.807, 2.05) is 38.1 Å². The van der Waals surface area contributed by atoms with E-state index in [1.54, 1.807) is 20.4 Å². The van der Waals surface area contributed by atoms with Gasteiger partial charge >= 0.3 is 0 Å². The molecule has 0 radical (unpaired) electrons. The van der Waals surface area contributed by atoms with Crippen molar-refractivity contribution < 1.29 is 4.74 Å². The van der Waals surface area contributed by atoms with E-state index >= 15 is 0 Å². The number of halogens is 1. The molecule has 1 aromatic carbocycles. The lowest BCUT2D eigenvalue weighted by Crippen LogP contribution is -2.25. The van der Waals surface area contributed by atoms with E-state index < -0.39 is 0 Å². The van der Waals surface area contributed by atoms with E-state index in [4.69, 9.17) is 4.74 Å². The normalized spacial score (nSPS) is 9.57. The zero-order chi connectivity index (χ0) is 15.8. The van der Waals surface area contributed by atoms with E-state index in [-0.39, 0.29) is 5.56 Å². The van der Waals surface area contributed by atoms with Crippen molar-refractivity contribution in [3.05, 3.63) is 50.9 Å². The molecular formula is C15H20BrN3O2. The number of hydrogen-bond acceptors (Lipinski definition) is 4. The maximum Gasteiger partial charge on any atom is 0.291 e. The Kier molecular flexibility index (Phi) is 6.94. The van der Waals surface area contributed by atoms with Crippen LogP contribution < -0.4 is 15.6 Å². The molecule has 6 heteroatoms. The van der Waals surface area contributed by atoms with Gasteiger partial charge in [0.05, 0.1) is 24.3 Å². The third-order valence-electron chi connectivity index (χ3n) is 2.74. The molecule has 0 aliphatic carbocycles. The number of hydrogen-bond donors (Lipinski definition) is 1. The number of ether oxygens (including phenoxy) is 1. The number of nitrogens with zero attached hydrogens (tertiary/aromatic N) is 2. The van der Waals surface area contributed by atoms with Crippen LogP contribution in [0.25, 0.3) is 0 Å². The molecule has 0 saturated heterocycles. The number of nitrogens with one attached hydrogen (secondary N) is 1. The van der Waals surface area contributed by atoms with E-state index in [9.17, 15) is 4.79 Å². The van der Waals surface area contributed by atoms with Gasteiger partial charge in [0.15, 0.2) is 0 Å². The van der Waals surface area contributed by atoms with Gasteiger partial charge in [-0.3, -0.25) is 4.79 Å². The quantitative estimate of drug-likeness (QED) is 0.917. The molecule has 0 fully saturated rings. The predicted molar refractivity (Wildman–Crippen MR) is 89.2 cm³/mol. The summed E-state index contributed by atoms with van der Waals surface area (Å²) in [4.78, 5) is 12.1. The van der Waals surface area contributed by atoms with Crippen LogP contribution in [0.15, 0.2) is 39.7 Å². The first-order chi connectivity index (χ1) is 10.2. The van der Waals surface area contributed by atoms with Gasteiger partial charge in [-0.05, 0) is 33.6 Å². The molecule has 114 valence electrons. The number of aromatic nitrogens is 2. The summed E-state index contributed by atoms with van der Waals surface area (Å²) in [6.45, 7) is 4.42. The van der Waals surface area contributed by atoms with Gasteiger partial charge in [-0.1, -0.05) is 26.0 Å². The summed E-state index contributed by atoms with van der Waals surface area (Å²) in [7, 11) is 3.33. The molecule has 0 unspecified atom stereocenters. The van der Waals surface area contributed by atoms with Crippen molar-refractivity contribution >= 4 is 21.6 Å². The lowest BCUT2D eigenvalue weighted by molar-refractivity contribution is 0.414. The Morgan fingerprint density at radius 3 is 2.43 bits per heavy atom. The molecule has 0 aliphatic heterocycles. The van der Waals surface area contributed by atoms with Crippen LogP contribution in [-0.2, 0) is 6.54 Å². The van der Waals surface area contributed by atoms with Crippen molar-refractivity contribution in [2.45, 2.75) is 20.4 Å². The summed E-state index contributed by atoms with van der Waals surface area (Å²) in [5.41, 5.74) is 1.33. The van der Waals surface area contributed by atoms with Crippen LogP contribution >= 0.6 is 15.9 Å². The van der Waals surface area contributed by atoms with Crippen LogP contribution in [0.1, 0.15) is 19.4 Å². The fourth-order valence-electron chi connectivity index (χ4n) is 1.71. The second-order valence-electron chi connectivity index (χ2n) is 3.93. The minimum atomic E-state index is -0.160. The van der Waals surface area contributed by atoms with Crippen molar-refractivity contribution in [2.75, 3.05) is 19.5 Å². The van der Waals surface area contributed by atoms with Gasteiger partial charge < -0.3 is 10.1 Å². The van der Waals surface area contributed by atoms with Crippen molar-refractivity contribution in [2.24, 2.45) is 0 Å². The Bertz CT molecular complexity index is 624. The number of methoxy groups -OCH3 is 1. The highest BCUT2D eigenvalue weighted by atomic mass is 79.9. The minimum absolute atomic E-state index is 0.160. The Labute approximate surface area is 133 Å². The molecule has 1 aromatic heterocycles. The highest BCUT2D eigenvalue weighted by Gasteiger charge is 2.08. The minimum Gasteiger partial charge on any atom is -0.497 e. The largest absolute Gasteiger partial charge is 0.497 e. The van der Waals surface area contributed by atoms with Gasteiger partial charge in [-0.2, -0.15) is 5.10 Å². The maximum absolute atomic E-state index is 12.1. The topological polar surface area (TPSA) is 56.1 Å². The Balaban J connectivity index is 0.00000106. The molecule has 21 heavy (non-hydrogen) atoms. The van der Waals surface area contributed by atoms with Gasteiger partial charge in [0.2, 0.25) is 0 Å². The fraction of sp³-hybridized carbons (Fsp3) is 0.333. The second kappa shape index (κ2) is 8.46. The highest BCUT2D eigenvalue weighted by molar-refractivity contribution is 9.10. The molecular weight excluding hydrogens is 334 g/mol. The zero-order valence-corrected chi connectivity index (χ0v) is 14.3. The number of rotatable bonds is 4. The SMILES string of the molecule is CC.CNc1c(Br)cnn(Cc2ccc(OC)cc2)c1=O. The summed E-state index contributed by atoms with van der Waals surface area (Å²) >= 11 is 3.29. The molecule has 0 saturated carbocycles. The van der Waals surface area contributed by atoms with Crippen molar-refractivity contribution in [3.63, 3.8) is 0 Å². The second-order valence-corrected chi connectivity index (χ2v) is 4.78. The Hall–Kier alpha value is -1.82. The number of benzene rings is 1. The molecule has 1 N–H and O–H groups in total. The first-order valence-corrected chi connectivity index (χ1v) is 7.51. The van der Waals surface area contributed by atoms with Crippen LogP contribution in [0.4, 0.5) is 5.69 Å². The van der Waals surface area contributed by atoms with Crippen LogP contribution in [0.3, 0.4) is 0 Å². The van der Waals surface area contributed by atoms with Gasteiger partial charge in [0.25, 0.3) is 5.56 Å². The molecule has 1 heterocycles. The first kappa shape index (κ1) is 17.2. The smallest absolute Gasteiger partial charge is 0.291 e. The molecule has 0 bridgehead atoms. The molecule has 0 amide bonds. The van der Waals surface area contributed by atoms with Crippen LogP contribution in [0.2, 0.25) is 0 Å². The highest BCUT2D eigenvalue weighted by Crippen LogP contribution is 2.16. The third-order valence-corrected chi connectivity index (χ3v) is 3.34. The summed E-state index contributed by atoms with van der Waals surface area (Å²) in [6.07, 6.45) is 1.61. The summed E-state index contributed by atoms with van der Waals surface area (Å²) in [5.74, 6) is 0.788. The summed E-state index contributed by atoms with van der Waals surface area (Å²) in [5, 5.41) is 6.98. The standard InChI is InChI=1S/C13H14BrN3O2.C2H6/c1-15-12-11(14)7-16-17(13(12)18)8-9-3-5-10(19-2)6-4-9;1-2/h3-7,15H,8H2,1-2H3;1-2H3. The number of anilines is 1. The maximum atomic E-state index is 12.1. The monoisotopic (exact) mass is 353 g/mol. The van der Waals surface area contributed by atoms with Crippen LogP contribution in [-0.4, -0.2) is 23.9 Å². The zero-order valence-electron chi connectivity index (χ0n) is 12.7. The van der Waals surface area contributed by atoms with E-state index in [2.05, 4.69) is 26.3 Å². The van der Waals surface area contributed by atoms with E-state index in [0.717, 1.165) is 11.3 Å². The average molecular weight is 354 g/mol. The summed E-state index contributed by atoms with van der Waals surface area (Å²) in [6, 6.07) is 7.54. The van der Waals surface area contributed by atoms with Crippen molar-refractivity contribution in [1.82, 2.24) is 9.78 Å². The molecule has 0 atom stereocenters. The lowest BCUT2D eigenvalue weighted by atomic mass is 10.2. The van der Waals surface area contributed by atoms with Crippen LogP contribution in [0, 0.1) is 0 Å². The van der Waals surface area contributed by atoms with Crippen molar-refractivity contribution in [3.8, 4) is 5.75 Å².